The lowest BCUT2D eigenvalue weighted by Gasteiger charge is -2.31. The highest BCUT2D eigenvalue weighted by molar-refractivity contribution is 7.99. The van der Waals surface area contributed by atoms with Gasteiger partial charge >= 0.3 is 0 Å². The van der Waals surface area contributed by atoms with Crippen molar-refractivity contribution in [1.29, 1.82) is 0 Å². The number of rotatable bonds is 1. The van der Waals surface area contributed by atoms with Crippen LogP contribution in [0, 0.1) is 0 Å². The molecule has 2 rings (SSSR count). The smallest absolute Gasteiger partial charge is 0.249 e. The van der Waals surface area contributed by atoms with Crippen molar-refractivity contribution in [1.82, 2.24) is 4.90 Å². The summed E-state index contributed by atoms with van der Waals surface area (Å²) in [5, 5.41) is 0. The molecule has 0 unspecified atom stereocenters. The summed E-state index contributed by atoms with van der Waals surface area (Å²) in [6.07, 6.45) is 1.65. The van der Waals surface area contributed by atoms with Crippen molar-refractivity contribution in [3.8, 4) is 0 Å². The first kappa shape index (κ1) is 9.77. The van der Waals surface area contributed by atoms with Gasteiger partial charge in [0.05, 0.1) is 0 Å². The van der Waals surface area contributed by atoms with Crippen molar-refractivity contribution >= 4 is 11.8 Å². The summed E-state index contributed by atoms with van der Waals surface area (Å²) in [5.41, 5.74) is 2.33. The van der Waals surface area contributed by atoms with Gasteiger partial charge in [-0.3, -0.25) is 9.78 Å². The summed E-state index contributed by atoms with van der Waals surface area (Å²) in [6.45, 7) is 6.21. The summed E-state index contributed by atoms with van der Waals surface area (Å²) >= 11 is 1.99. The van der Waals surface area contributed by atoms with E-state index in [9.17, 15) is 0 Å². The van der Waals surface area contributed by atoms with Crippen LogP contribution in [0.4, 0.5) is 0 Å². The summed E-state index contributed by atoms with van der Waals surface area (Å²) < 4.78 is 0. The van der Waals surface area contributed by atoms with Gasteiger partial charge in [-0.25, -0.2) is 0 Å². The maximum Gasteiger partial charge on any atom is 0.249 e. The second kappa shape index (κ2) is 4.17. The van der Waals surface area contributed by atoms with Gasteiger partial charge in [0, 0.05) is 30.2 Å². The van der Waals surface area contributed by atoms with Crippen molar-refractivity contribution in [2.75, 3.05) is 24.6 Å². The maximum atomic E-state index is 5.22. The third-order valence-electron chi connectivity index (χ3n) is 2.56. The fraction of sp³-hybridized carbons (Fsp3) is 0.600. The molecule has 1 fully saturated rings. The van der Waals surface area contributed by atoms with Gasteiger partial charge in [-0.15, -0.1) is 0 Å². The fourth-order valence-electron chi connectivity index (χ4n) is 1.52. The van der Waals surface area contributed by atoms with Crippen molar-refractivity contribution in [3.63, 3.8) is 0 Å². The summed E-state index contributed by atoms with van der Waals surface area (Å²) in [4.78, 5) is 12.4. The Morgan fingerprint density at radius 2 is 2.00 bits per heavy atom. The second-order valence-electron chi connectivity index (χ2n) is 3.51. The Bertz CT molecular complexity index is 280. The number of allylic oxidation sites excluding steroid dienone is 2. The number of nitrogens with zero attached hydrogens (tertiary/aromatic N) is 1. The van der Waals surface area contributed by atoms with Gasteiger partial charge in [-0.2, -0.15) is 11.8 Å². The molecule has 0 aromatic carbocycles. The third-order valence-corrected chi connectivity index (χ3v) is 3.51. The van der Waals surface area contributed by atoms with E-state index in [0.717, 1.165) is 24.5 Å². The van der Waals surface area contributed by atoms with Crippen LogP contribution in [-0.2, 0) is 9.78 Å². The van der Waals surface area contributed by atoms with Gasteiger partial charge in [-0.05, 0) is 19.4 Å². The van der Waals surface area contributed by atoms with Crippen LogP contribution in [0.5, 0.6) is 0 Å². The highest BCUT2D eigenvalue weighted by Crippen LogP contribution is 2.25. The zero-order valence-corrected chi connectivity index (χ0v) is 9.39. The Kier molecular flexibility index (Phi) is 2.91. The van der Waals surface area contributed by atoms with Crippen molar-refractivity contribution in [2.24, 2.45) is 0 Å². The fourth-order valence-corrected chi connectivity index (χ4v) is 2.42. The topological polar surface area (TPSA) is 21.7 Å². The van der Waals surface area contributed by atoms with E-state index >= 15 is 0 Å². The minimum atomic E-state index is 0.894. The van der Waals surface area contributed by atoms with Crippen molar-refractivity contribution in [3.05, 3.63) is 23.3 Å². The Hall–Kier alpha value is -0.770. The van der Waals surface area contributed by atoms with Gasteiger partial charge in [-0.1, -0.05) is 0 Å². The Labute approximate surface area is 88.7 Å². The number of thioether (sulfide) groups is 1. The lowest BCUT2D eigenvalue weighted by molar-refractivity contribution is -0.236. The molecule has 0 saturated carbocycles. The first-order chi connectivity index (χ1) is 6.79. The molecule has 14 heavy (non-hydrogen) atoms. The molecular formula is C10H15NO2S. The lowest BCUT2D eigenvalue weighted by atomic mass is 10.1. The van der Waals surface area contributed by atoms with Gasteiger partial charge in [0.25, 0.3) is 0 Å². The predicted molar refractivity (Wildman–Crippen MR) is 57.5 cm³/mol. The number of hydrogen-bond acceptors (Lipinski definition) is 4. The van der Waals surface area contributed by atoms with Crippen molar-refractivity contribution in [2.45, 2.75) is 13.8 Å². The molecule has 0 aliphatic carbocycles. The molecule has 2 heterocycles. The van der Waals surface area contributed by atoms with Gasteiger partial charge < -0.3 is 4.90 Å². The molecule has 2 aliphatic rings. The Morgan fingerprint density at radius 3 is 2.71 bits per heavy atom. The molecule has 0 amide bonds. The molecule has 4 heteroatoms. The first-order valence-corrected chi connectivity index (χ1v) is 5.98. The average Bonchev–Trinajstić information content (AvgIpc) is 2.23. The van der Waals surface area contributed by atoms with Gasteiger partial charge in [0.1, 0.15) is 6.26 Å². The Balaban J connectivity index is 2.15. The normalized spacial score (nSPS) is 22.7. The van der Waals surface area contributed by atoms with Crippen LogP contribution >= 0.6 is 11.8 Å². The van der Waals surface area contributed by atoms with Crippen LogP contribution in [0.25, 0.3) is 0 Å². The van der Waals surface area contributed by atoms with Crippen LogP contribution in [-0.4, -0.2) is 29.5 Å². The molecule has 0 aromatic heterocycles. The van der Waals surface area contributed by atoms with Crippen LogP contribution in [0.3, 0.4) is 0 Å². The molecule has 0 N–H and O–H groups in total. The lowest BCUT2D eigenvalue weighted by Crippen LogP contribution is -2.34. The molecule has 1 saturated heterocycles. The molecule has 2 aliphatic heterocycles. The van der Waals surface area contributed by atoms with Crippen LogP contribution in [0.15, 0.2) is 23.3 Å². The minimum absolute atomic E-state index is 0.894. The minimum Gasteiger partial charge on any atom is -0.337 e. The van der Waals surface area contributed by atoms with Crippen LogP contribution < -0.4 is 0 Å². The molecule has 0 aromatic rings. The predicted octanol–water partition coefficient (Wildman–Crippen LogP) is 2.13. The van der Waals surface area contributed by atoms with E-state index < -0.39 is 0 Å². The highest BCUT2D eigenvalue weighted by Gasteiger charge is 2.21. The van der Waals surface area contributed by atoms with E-state index in [2.05, 4.69) is 11.8 Å². The average molecular weight is 213 g/mol. The summed E-state index contributed by atoms with van der Waals surface area (Å²) in [5.74, 6) is 3.23. The first-order valence-electron chi connectivity index (χ1n) is 4.83. The van der Waals surface area contributed by atoms with E-state index in [-0.39, 0.29) is 0 Å². The molecular weight excluding hydrogens is 198 g/mol. The molecule has 0 bridgehead atoms. The monoisotopic (exact) mass is 213 g/mol. The van der Waals surface area contributed by atoms with Gasteiger partial charge in [0.2, 0.25) is 5.88 Å². The summed E-state index contributed by atoms with van der Waals surface area (Å²) in [7, 11) is 0. The van der Waals surface area contributed by atoms with Crippen LogP contribution in [0.2, 0.25) is 0 Å². The standard InChI is InChI=1S/C10H15NO2S/c1-8-7-12-13-10(9(8)2)11-3-5-14-6-4-11/h7H,3-6H2,1-2H3. The molecule has 3 nitrogen and oxygen atoms in total. The molecule has 0 radical (unpaired) electrons. The quantitative estimate of drug-likeness (QED) is 0.622. The van der Waals surface area contributed by atoms with E-state index in [4.69, 9.17) is 9.78 Å². The number of hydrogen-bond donors (Lipinski definition) is 0. The molecule has 0 spiro atoms. The van der Waals surface area contributed by atoms with E-state index in [1.165, 1.54) is 17.1 Å². The molecule has 0 atom stereocenters. The van der Waals surface area contributed by atoms with E-state index in [1.807, 2.05) is 18.7 Å². The van der Waals surface area contributed by atoms with E-state index in [1.54, 1.807) is 6.26 Å². The highest BCUT2D eigenvalue weighted by atomic mass is 32.2. The SMILES string of the molecule is CC1=COOC(N2CCSCC2)=C1C. The van der Waals surface area contributed by atoms with E-state index in [0.29, 0.717) is 0 Å². The maximum absolute atomic E-state index is 5.22. The van der Waals surface area contributed by atoms with Crippen LogP contribution in [0.1, 0.15) is 13.8 Å². The zero-order valence-electron chi connectivity index (χ0n) is 8.58. The van der Waals surface area contributed by atoms with Crippen molar-refractivity contribution < 1.29 is 9.78 Å². The molecule has 78 valence electrons. The second-order valence-corrected chi connectivity index (χ2v) is 4.73. The third kappa shape index (κ3) is 1.85. The zero-order chi connectivity index (χ0) is 9.97. The Morgan fingerprint density at radius 1 is 1.29 bits per heavy atom. The van der Waals surface area contributed by atoms with Gasteiger partial charge in [0.15, 0.2) is 0 Å². The summed E-state index contributed by atoms with van der Waals surface area (Å²) in [6, 6.07) is 0. The largest absolute Gasteiger partial charge is 0.337 e.